The number of carbonyl (C=O) groups is 4. The molecule has 0 spiro atoms. The van der Waals surface area contributed by atoms with Gasteiger partial charge in [0.15, 0.2) is 0 Å². The number of furan rings is 2. The number of rotatable bonds is 18. The first-order valence-electron chi connectivity index (χ1n) is 25.7. The summed E-state index contributed by atoms with van der Waals surface area (Å²) in [4.78, 5) is 53.7. The number of benzene rings is 5. The Labute approximate surface area is 466 Å². The van der Waals surface area contributed by atoms with Crippen molar-refractivity contribution in [3.05, 3.63) is 137 Å². The number of nitrogens with zero attached hydrogens (tertiary/aromatic N) is 2. The van der Waals surface area contributed by atoms with E-state index in [2.05, 4.69) is 20.9 Å². The van der Waals surface area contributed by atoms with Gasteiger partial charge in [0.25, 0.3) is 17.7 Å². The Morgan fingerprint density at radius 3 is 1.88 bits per heavy atom. The molecule has 7 aromatic rings. The Bertz CT molecular complexity index is 3570. The highest BCUT2D eigenvalue weighted by molar-refractivity contribution is 8.06. The number of nitrogens with one attached hydrogen (secondary N) is 3. The van der Waals surface area contributed by atoms with Crippen LogP contribution < -0.4 is 24.4 Å². The third-order valence-electron chi connectivity index (χ3n) is 12.4. The maximum Gasteiger partial charge on any atom is 0.331 e. The van der Waals surface area contributed by atoms with Gasteiger partial charge in [-0.15, -0.1) is 0 Å². The third-order valence-corrected chi connectivity index (χ3v) is 15.3. The molecule has 80 heavy (non-hydrogen) atoms. The molecule has 1 unspecified atom stereocenters. The van der Waals surface area contributed by atoms with Gasteiger partial charge in [0.2, 0.25) is 10.0 Å². The predicted octanol–water partition coefficient (Wildman–Crippen LogP) is 9.77. The zero-order valence-electron chi connectivity index (χ0n) is 46.0. The third kappa shape index (κ3) is 14.9. The van der Waals surface area contributed by atoms with Crippen molar-refractivity contribution in [2.75, 3.05) is 76.3 Å². The van der Waals surface area contributed by atoms with Crippen LogP contribution in [-0.4, -0.2) is 119 Å². The molecular weight excluding hydrogens is 1070 g/mol. The number of fused-ring (bicyclic) bond motifs is 2. The van der Waals surface area contributed by atoms with Gasteiger partial charge >= 0.3 is 5.97 Å². The van der Waals surface area contributed by atoms with E-state index in [0.29, 0.717) is 72.9 Å². The average Bonchev–Trinajstić information content (AvgIpc) is 4.22. The van der Waals surface area contributed by atoms with E-state index in [9.17, 15) is 40.6 Å². The number of hydrogen-bond acceptors (Lipinski definition) is 13. The van der Waals surface area contributed by atoms with E-state index in [1.165, 1.54) is 67.9 Å². The molecule has 0 bridgehead atoms. The van der Waals surface area contributed by atoms with Crippen LogP contribution in [0, 0.1) is 17.6 Å². The molecule has 5 aromatic carbocycles. The van der Waals surface area contributed by atoms with Gasteiger partial charge in [0.1, 0.15) is 56.7 Å². The maximum atomic E-state index is 13.6. The lowest BCUT2D eigenvalue weighted by molar-refractivity contribution is -0.148. The summed E-state index contributed by atoms with van der Waals surface area (Å²) < 4.78 is 94.5. The second kappa shape index (κ2) is 26.0. The standard InChI is InChI=1S/C34H38FN3O5.C25H27FN2O7S2/c1-22(2)21-37-33(39)25-8-11-29(42-16-4-13-38-14-17-41-18-15-38)27(20-25)24-7-12-30-28(19-24)31(34(40)36-3)32(43-30)23-5-9-26(35)10-6-23;1-25(2,3)35-21(29)12-9-16-13-18-20(14-19(16)28(36(5)31)37(6,32)33)34-23(22(18)24(30)27-4)15-7-10-17(26)11-8-15/h5-12,19-20,22H,4,13-18,21H2,1-3H3,(H,36,40)(H,37,39);7-14H,1-6H3,(H,27,30)/b;12-9+. The van der Waals surface area contributed by atoms with E-state index in [4.69, 9.17) is 23.0 Å². The fourth-order valence-electron chi connectivity index (χ4n) is 8.73. The van der Waals surface area contributed by atoms with Gasteiger partial charge in [-0.3, -0.25) is 19.3 Å². The summed E-state index contributed by atoms with van der Waals surface area (Å²) in [6.07, 6.45) is 5.34. The van der Waals surface area contributed by atoms with Crippen LogP contribution in [0.25, 0.3) is 61.8 Å². The Kier molecular flexibility index (Phi) is 19.5. The summed E-state index contributed by atoms with van der Waals surface area (Å²) in [6.45, 7) is 14.5. The van der Waals surface area contributed by atoms with E-state index >= 15 is 0 Å². The second-order valence-electron chi connectivity index (χ2n) is 20.2. The lowest BCUT2D eigenvalue weighted by atomic mass is 9.98. The number of amides is 3. The molecule has 1 fully saturated rings. The molecule has 1 aliphatic heterocycles. The minimum atomic E-state index is -4.04. The van der Waals surface area contributed by atoms with Crippen LogP contribution in [0.15, 0.2) is 112 Å². The van der Waals surface area contributed by atoms with Crippen molar-refractivity contribution < 1.29 is 63.6 Å². The highest BCUT2D eigenvalue weighted by Crippen LogP contribution is 2.41. The van der Waals surface area contributed by atoms with Crippen LogP contribution in [0.4, 0.5) is 14.5 Å². The Morgan fingerprint density at radius 2 is 1.34 bits per heavy atom. The number of halogens is 2. The summed E-state index contributed by atoms with van der Waals surface area (Å²) in [5, 5.41) is 9.11. The molecule has 2 aromatic heterocycles. The first-order valence-corrected chi connectivity index (χ1v) is 29.1. The lowest BCUT2D eigenvalue weighted by Crippen LogP contribution is -2.37. The highest BCUT2D eigenvalue weighted by atomic mass is 32.3. The van der Waals surface area contributed by atoms with Gasteiger partial charge in [-0.25, -0.2) is 26.2 Å². The van der Waals surface area contributed by atoms with E-state index in [-0.39, 0.29) is 45.8 Å². The number of carbonyl (C=O) groups excluding carboxylic acids is 4. The van der Waals surface area contributed by atoms with Crippen LogP contribution in [0.1, 0.15) is 77.7 Å². The van der Waals surface area contributed by atoms with Crippen molar-refractivity contribution in [1.29, 1.82) is 0 Å². The van der Waals surface area contributed by atoms with Crippen molar-refractivity contribution in [3.63, 3.8) is 0 Å². The first-order chi connectivity index (χ1) is 38.0. The number of hydrogen-bond donors (Lipinski definition) is 3. The first kappa shape index (κ1) is 59.9. The molecule has 3 N–H and O–H groups in total. The number of morpholine rings is 1. The zero-order valence-corrected chi connectivity index (χ0v) is 47.6. The SMILES string of the molecule is CNC(=O)c1c(-c2ccc(F)cc2)oc2cc(N(S(C)=O)S(C)(=O)=O)c(/C=C/C(=O)OC(C)(C)C)cc12.CNC(=O)c1c(-c2ccc(F)cc2)oc2ccc(-c3cc(C(=O)NCC(C)C)ccc3OCCCN3CCOCC3)cc12. The fraction of sp³-hybridized carbons (Fsp3) is 0.322. The molecule has 8 rings (SSSR count). The molecule has 17 nitrogen and oxygen atoms in total. The molecule has 3 amide bonds. The highest BCUT2D eigenvalue weighted by Gasteiger charge is 2.29. The number of anilines is 1. The molecule has 1 aliphatic rings. The van der Waals surface area contributed by atoms with E-state index < -0.39 is 44.3 Å². The fourth-order valence-corrected chi connectivity index (χ4v) is 11.2. The average molecular weight is 1140 g/mol. The summed E-state index contributed by atoms with van der Waals surface area (Å²) in [7, 11) is -3.07. The van der Waals surface area contributed by atoms with Crippen LogP contribution in [0.2, 0.25) is 0 Å². The van der Waals surface area contributed by atoms with Gasteiger partial charge in [-0.1, -0.05) is 19.9 Å². The van der Waals surface area contributed by atoms with Crippen LogP contribution in [0.5, 0.6) is 5.75 Å². The number of sulfonamides is 1. The van der Waals surface area contributed by atoms with Crippen LogP contribution in [0.3, 0.4) is 0 Å². The minimum Gasteiger partial charge on any atom is -0.493 e. The molecule has 0 aliphatic carbocycles. The van der Waals surface area contributed by atoms with Crippen molar-refractivity contribution in [1.82, 2.24) is 20.9 Å². The summed E-state index contributed by atoms with van der Waals surface area (Å²) in [6, 6.07) is 24.9. The predicted molar refractivity (Wildman–Crippen MR) is 306 cm³/mol. The summed E-state index contributed by atoms with van der Waals surface area (Å²) in [5.74, 6) is -1.10. The molecular formula is C59H65F2N5O12S2. The molecule has 0 radical (unpaired) electrons. The van der Waals surface area contributed by atoms with Gasteiger partial charge in [0.05, 0.1) is 42.9 Å². The van der Waals surface area contributed by atoms with Gasteiger partial charge < -0.3 is 39.0 Å². The Hall–Kier alpha value is -7.72. The normalized spacial score (nSPS) is 13.4. The van der Waals surface area contributed by atoms with Crippen molar-refractivity contribution in [2.24, 2.45) is 5.92 Å². The summed E-state index contributed by atoms with van der Waals surface area (Å²) in [5.41, 5.74) is 3.46. The molecule has 424 valence electrons. The smallest absolute Gasteiger partial charge is 0.331 e. The minimum absolute atomic E-state index is 0.0431. The van der Waals surface area contributed by atoms with E-state index in [0.717, 1.165) is 62.7 Å². The van der Waals surface area contributed by atoms with Gasteiger partial charge in [-0.05, 0) is 130 Å². The van der Waals surface area contributed by atoms with E-state index in [1.807, 2.05) is 38.1 Å². The largest absolute Gasteiger partial charge is 0.493 e. The van der Waals surface area contributed by atoms with Crippen LogP contribution in [-0.2, 0) is 35.3 Å². The Morgan fingerprint density at radius 1 is 0.775 bits per heavy atom. The zero-order chi connectivity index (χ0) is 58.1. The second-order valence-corrected chi connectivity index (χ2v) is 23.4. The van der Waals surface area contributed by atoms with E-state index in [1.54, 1.807) is 52.1 Å². The van der Waals surface area contributed by atoms with Crippen LogP contribution >= 0.6 is 0 Å². The lowest BCUT2D eigenvalue weighted by Gasteiger charge is -2.26. The van der Waals surface area contributed by atoms with Gasteiger partial charge in [0, 0.05) is 97.3 Å². The van der Waals surface area contributed by atoms with Gasteiger partial charge in [-0.2, -0.15) is 3.71 Å². The number of ether oxygens (including phenoxy) is 3. The summed E-state index contributed by atoms with van der Waals surface area (Å²) >= 11 is 0. The quantitative estimate of drug-likeness (QED) is 0.0415. The molecule has 3 heterocycles. The monoisotopic (exact) mass is 1140 g/mol. The maximum absolute atomic E-state index is 13.6. The molecule has 1 atom stereocenters. The van der Waals surface area contributed by atoms with Crippen molar-refractivity contribution >= 4 is 78.4 Å². The molecule has 0 saturated carbocycles. The molecule has 21 heteroatoms. The van der Waals surface area contributed by atoms with Crippen molar-refractivity contribution in [3.8, 4) is 39.5 Å². The molecule has 1 saturated heterocycles. The Balaban J connectivity index is 0.000000234. The number of esters is 1. The van der Waals surface area contributed by atoms with Crippen molar-refractivity contribution in [2.45, 2.75) is 46.6 Å². The topological polar surface area (TPSA) is 216 Å².